The van der Waals surface area contributed by atoms with E-state index < -0.39 is 31.3 Å². The SMILES string of the molecule is CO[C@@H]1[C@@H]2OP(O)(=S)OC[C@H]2O[C@H]1n1c(Sc2ccc(Cl)cc2)nc2c(N)ncnc21. The lowest BCUT2D eigenvalue weighted by Crippen LogP contribution is -2.40. The van der Waals surface area contributed by atoms with E-state index in [1.54, 1.807) is 16.7 Å². The molecule has 2 aliphatic heterocycles. The van der Waals surface area contributed by atoms with Crippen molar-refractivity contribution in [2.45, 2.75) is 34.6 Å². The van der Waals surface area contributed by atoms with Gasteiger partial charge in [-0.25, -0.2) is 15.0 Å². The maximum atomic E-state index is 10.1. The molecule has 2 fully saturated rings. The molecule has 3 N–H and O–H groups in total. The lowest BCUT2D eigenvalue weighted by molar-refractivity contribution is -0.0641. The van der Waals surface area contributed by atoms with E-state index in [1.807, 2.05) is 12.1 Å². The lowest BCUT2D eigenvalue weighted by atomic mass is 10.1. The molecule has 5 atom stereocenters. The summed E-state index contributed by atoms with van der Waals surface area (Å²) in [5, 5.41) is 1.20. The minimum Gasteiger partial charge on any atom is -0.382 e. The van der Waals surface area contributed by atoms with Crippen LogP contribution in [0.15, 0.2) is 40.6 Å². The van der Waals surface area contributed by atoms with E-state index in [-0.39, 0.29) is 12.4 Å². The number of aromatic nitrogens is 4. The van der Waals surface area contributed by atoms with E-state index in [2.05, 4.69) is 15.0 Å². The van der Waals surface area contributed by atoms with Crippen molar-refractivity contribution in [2.75, 3.05) is 19.5 Å². The standard InChI is InChI=1S/C17H17ClN5O5PS2/c1-25-13-12-10(6-26-29(24,30)28-12)27-16(13)23-15-11(14(19)20-7-21-15)22-17(23)31-9-4-2-8(18)3-5-9/h2-5,7,10,12-13,16H,6H2,1H3,(H,24,30)(H2,19,20,21)/t10-,12-,13-,16-,29?/m1/s1. The average molecular weight is 502 g/mol. The van der Waals surface area contributed by atoms with Crippen molar-refractivity contribution in [3.8, 4) is 0 Å². The van der Waals surface area contributed by atoms with Crippen LogP contribution in [0.4, 0.5) is 5.82 Å². The van der Waals surface area contributed by atoms with Gasteiger partial charge in [0, 0.05) is 17.0 Å². The molecule has 1 unspecified atom stereocenters. The van der Waals surface area contributed by atoms with Gasteiger partial charge in [-0.15, -0.1) is 0 Å². The van der Waals surface area contributed by atoms with Crippen LogP contribution in [0, 0.1) is 0 Å². The molecule has 0 saturated carbocycles. The maximum absolute atomic E-state index is 10.1. The van der Waals surface area contributed by atoms with Crippen LogP contribution in [-0.4, -0.2) is 56.4 Å². The summed E-state index contributed by atoms with van der Waals surface area (Å²) in [5.74, 6) is 0.247. The summed E-state index contributed by atoms with van der Waals surface area (Å²) in [6.07, 6.45) is -0.996. The number of methoxy groups -OCH3 is 1. The molecule has 10 nitrogen and oxygen atoms in total. The number of nitrogens with two attached hydrogens (primary N) is 1. The Morgan fingerprint density at radius 1 is 1.35 bits per heavy atom. The number of anilines is 1. The molecule has 0 spiro atoms. The number of halogens is 1. The van der Waals surface area contributed by atoms with E-state index >= 15 is 0 Å². The van der Waals surface area contributed by atoms with Crippen LogP contribution in [-0.2, 0) is 30.3 Å². The number of imidazole rings is 1. The Morgan fingerprint density at radius 2 is 2.13 bits per heavy atom. The first kappa shape index (κ1) is 21.5. The van der Waals surface area contributed by atoms with Gasteiger partial charge >= 0.3 is 6.72 Å². The quantitative estimate of drug-likeness (QED) is 0.512. The summed E-state index contributed by atoms with van der Waals surface area (Å²) in [6, 6.07) is 7.35. The van der Waals surface area contributed by atoms with E-state index in [1.165, 1.54) is 25.2 Å². The summed E-state index contributed by atoms with van der Waals surface area (Å²) < 4.78 is 24.6. The largest absolute Gasteiger partial charge is 0.382 e. The summed E-state index contributed by atoms with van der Waals surface area (Å²) in [5.41, 5.74) is 6.98. The predicted octanol–water partition coefficient (Wildman–Crippen LogP) is 2.76. The first-order valence-corrected chi connectivity index (χ1v) is 12.9. The zero-order chi connectivity index (χ0) is 21.8. The van der Waals surface area contributed by atoms with Crippen molar-refractivity contribution >= 4 is 58.9 Å². The van der Waals surface area contributed by atoms with Gasteiger partial charge in [0.2, 0.25) is 0 Å². The fourth-order valence-corrected chi connectivity index (χ4v) is 6.07. The van der Waals surface area contributed by atoms with Gasteiger partial charge in [0.05, 0.1) is 6.61 Å². The van der Waals surface area contributed by atoms with Crippen LogP contribution in [0.3, 0.4) is 0 Å². The molecule has 164 valence electrons. The molecule has 31 heavy (non-hydrogen) atoms. The van der Waals surface area contributed by atoms with Gasteiger partial charge < -0.3 is 24.6 Å². The summed E-state index contributed by atoms with van der Waals surface area (Å²) >= 11 is 12.4. The molecular formula is C17H17ClN5O5PS2. The Kier molecular flexibility index (Phi) is 5.70. The number of fused-ring (bicyclic) bond motifs is 2. The van der Waals surface area contributed by atoms with E-state index in [0.717, 1.165) is 4.90 Å². The third-order valence-corrected chi connectivity index (χ3v) is 7.75. The third kappa shape index (κ3) is 3.97. The van der Waals surface area contributed by atoms with Crippen molar-refractivity contribution in [3.63, 3.8) is 0 Å². The molecule has 3 aromatic rings. The molecule has 2 saturated heterocycles. The topological polar surface area (TPSA) is 127 Å². The van der Waals surface area contributed by atoms with Gasteiger partial charge in [-0.3, -0.25) is 9.09 Å². The molecular weight excluding hydrogens is 485 g/mol. The second-order valence-corrected chi connectivity index (χ2v) is 11.1. The Hall–Kier alpha value is -1.34. The zero-order valence-electron chi connectivity index (χ0n) is 16.0. The predicted molar refractivity (Wildman–Crippen MR) is 117 cm³/mol. The fourth-order valence-electron chi connectivity index (χ4n) is 3.60. The number of nitrogens with zero attached hydrogens (tertiary/aromatic N) is 4. The van der Waals surface area contributed by atoms with Gasteiger partial charge in [0.15, 0.2) is 28.4 Å². The number of hydrogen-bond donors (Lipinski definition) is 2. The van der Waals surface area contributed by atoms with Crippen LogP contribution in [0.1, 0.15) is 6.23 Å². The monoisotopic (exact) mass is 501 g/mol. The van der Waals surface area contributed by atoms with E-state index in [4.69, 9.17) is 47.7 Å². The van der Waals surface area contributed by atoms with Gasteiger partial charge in [-0.1, -0.05) is 23.4 Å². The second-order valence-electron chi connectivity index (χ2n) is 6.85. The molecule has 0 radical (unpaired) electrons. The second kappa shape index (κ2) is 8.22. The number of hydrogen-bond acceptors (Lipinski definition) is 10. The van der Waals surface area contributed by atoms with Crippen LogP contribution in [0.5, 0.6) is 0 Å². The molecule has 5 rings (SSSR count). The summed E-state index contributed by atoms with van der Waals surface area (Å²) in [4.78, 5) is 24.1. The first-order chi connectivity index (χ1) is 14.9. The van der Waals surface area contributed by atoms with E-state index in [0.29, 0.717) is 21.3 Å². The molecule has 0 amide bonds. The Labute approximate surface area is 191 Å². The normalized spacial score (nSPS) is 30.5. The van der Waals surface area contributed by atoms with Crippen molar-refractivity contribution in [3.05, 3.63) is 35.6 Å². The van der Waals surface area contributed by atoms with Crippen LogP contribution < -0.4 is 5.73 Å². The molecule has 2 aromatic heterocycles. The van der Waals surface area contributed by atoms with Crippen LogP contribution >= 0.6 is 30.1 Å². The highest BCUT2D eigenvalue weighted by atomic mass is 35.5. The van der Waals surface area contributed by atoms with Crippen molar-refractivity contribution in [1.29, 1.82) is 0 Å². The van der Waals surface area contributed by atoms with Gasteiger partial charge in [0.1, 0.15) is 24.6 Å². The fraction of sp³-hybridized carbons (Fsp3) is 0.353. The third-order valence-electron chi connectivity index (χ3n) is 4.96. The number of ether oxygens (including phenoxy) is 2. The highest BCUT2D eigenvalue weighted by Gasteiger charge is 2.52. The summed E-state index contributed by atoms with van der Waals surface area (Å²) in [7, 11) is 1.54. The van der Waals surface area contributed by atoms with Gasteiger partial charge in [-0.2, -0.15) is 0 Å². The minimum atomic E-state index is -3.35. The van der Waals surface area contributed by atoms with Crippen LogP contribution in [0.2, 0.25) is 5.02 Å². The molecule has 1 aromatic carbocycles. The molecule has 2 aliphatic rings. The highest BCUT2D eigenvalue weighted by Crippen LogP contribution is 2.53. The Balaban J connectivity index is 1.60. The highest BCUT2D eigenvalue weighted by molar-refractivity contribution is 8.07. The lowest BCUT2D eigenvalue weighted by Gasteiger charge is -2.31. The molecule has 4 heterocycles. The smallest absolute Gasteiger partial charge is 0.325 e. The zero-order valence-corrected chi connectivity index (χ0v) is 19.3. The molecule has 0 aliphatic carbocycles. The number of benzene rings is 1. The summed E-state index contributed by atoms with van der Waals surface area (Å²) in [6.45, 7) is -3.26. The van der Waals surface area contributed by atoms with E-state index in [9.17, 15) is 4.89 Å². The average Bonchev–Trinajstić information content (AvgIpc) is 3.26. The maximum Gasteiger partial charge on any atom is 0.325 e. The number of rotatable bonds is 4. The Bertz CT molecular complexity index is 1180. The van der Waals surface area contributed by atoms with Gasteiger partial charge in [0.25, 0.3) is 0 Å². The minimum absolute atomic E-state index is 0.0955. The number of nitrogen functional groups attached to an aromatic ring is 1. The van der Waals surface area contributed by atoms with Crippen LogP contribution in [0.25, 0.3) is 11.2 Å². The van der Waals surface area contributed by atoms with Gasteiger partial charge in [-0.05, 0) is 36.1 Å². The molecule has 14 heteroatoms. The van der Waals surface area contributed by atoms with Crippen molar-refractivity contribution in [1.82, 2.24) is 19.5 Å². The Morgan fingerprint density at radius 3 is 2.87 bits per heavy atom. The molecule has 0 bridgehead atoms. The van der Waals surface area contributed by atoms with Crippen molar-refractivity contribution in [2.24, 2.45) is 0 Å². The van der Waals surface area contributed by atoms with Crippen molar-refractivity contribution < 1.29 is 23.4 Å². The first-order valence-electron chi connectivity index (χ1n) is 9.12.